The molecule has 0 fully saturated rings. The molecule has 1 atom stereocenters. The summed E-state index contributed by atoms with van der Waals surface area (Å²) in [5.41, 5.74) is 1.93. The molecular formula is C13H22F3N3. The van der Waals surface area contributed by atoms with Crippen molar-refractivity contribution in [3.05, 3.63) is 17.5 Å². The van der Waals surface area contributed by atoms with Crippen LogP contribution in [0.15, 0.2) is 6.07 Å². The maximum atomic E-state index is 12.2. The molecule has 1 unspecified atom stereocenters. The van der Waals surface area contributed by atoms with E-state index in [0.717, 1.165) is 24.4 Å². The minimum Gasteiger partial charge on any atom is -0.309 e. The van der Waals surface area contributed by atoms with Gasteiger partial charge in [0.25, 0.3) is 0 Å². The predicted molar refractivity (Wildman–Crippen MR) is 68.9 cm³/mol. The third kappa shape index (κ3) is 5.22. The van der Waals surface area contributed by atoms with E-state index in [1.54, 1.807) is 4.68 Å². The molecule has 3 nitrogen and oxygen atoms in total. The fourth-order valence-electron chi connectivity index (χ4n) is 2.15. The largest absolute Gasteiger partial charge is 0.389 e. The molecule has 0 saturated heterocycles. The van der Waals surface area contributed by atoms with Gasteiger partial charge in [0.05, 0.1) is 11.4 Å². The molecule has 110 valence electrons. The molecule has 0 aliphatic heterocycles. The normalized spacial score (nSPS) is 13.8. The fraction of sp³-hybridized carbons (Fsp3) is 0.769. The van der Waals surface area contributed by atoms with E-state index in [1.165, 1.54) is 0 Å². The first kappa shape index (κ1) is 16.0. The van der Waals surface area contributed by atoms with E-state index < -0.39 is 12.6 Å². The van der Waals surface area contributed by atoms with Crippen LogP contribution in [0.5, 0.6) is 0 Å². The zero-order valence-electron chi connectivity index (χ0n) is 11.7. The van der Waals surface area contributed by atoms with Crippen molar-refractivity contribution in [2.45, 2.75) is 51.7 Å². The van der Waals surface area contributed by atoms with Gasteiger partial charge >= 0.3 is 6.18 Å². The maximum Gasteiger partial charge on any atom is 0.389 e. The summed E-state index contributed by atoms with van der Waals surface area (Å²) >= 11 is 0. The zero-order valence-corrected chi connectivity index (χ0v) is 11.7. The molecule has 0 radical (unpaired) electrons. The zero-order chi connectivity index (χ0) is 14.5. The maximum absolute atomic E-state index is 12.2. The summed E-state index contributed by atoms with van der Waals surface area (Å²) in [6, 6.07) is 1.91. The standard InChI is InChI=1S/C13H22F3N3/c1-4-10-9-12(19(3)18-10)11(17-5-2)7-6-8-13(14,15)16/h9,11,17H,4-8H2,1-3H3. The van der Waals surface area contributed by atoms with Gasteiger partial charge in [0.1, 0.15) is 0 Å². The van der Waals surface area contributed by atoms with E-state index in [0.29, 0.717) is 6.42 Å². The van der Waals surface area contributed by atoms with Gasteiger partial charge in [0, 0.05) is 19.5 Å². The molecule has 0 bridgehead atoms. The summed E-state index contributed by atoms with van der Waals surface area (Å²) in [5.74, 6) is 0. The second kappa shape index (κ2) is 6.93. The highest BCUT2D eigenvalue weighted by Gasteiger charge is 2.27. The smallest absolute Gasteiger partial charge is 0.309 e. The minimum absolute atomic E-state index is 0.0647. The quantitative estimate of drug-likeness (QED) is 0.828. The number of hydrogen-bond donors (Lipinski definition) is 1. The summed E-state index contributed by atoms with van der Waals surface area (Å²) in [4.78, 5) is 0. The number of aromatic nitrogens is 2. The van der Waals surface area contributed by atoms with Crippen molar-refractivity contribution in [3.8, 4) is 0 Å². The topological polar surface area (TPSA) is 29.9 Å². The van der Waals surface area contributed by atoms with Gasteiger partial charge in [-0.2, -0.15) is 18.3 Å². The lowest BCUT2D eigenvalue weighted by Gasteiger charge is -2.18. The van der Waals surface area contributed by atoms with E-state index in [2.05, 4.69) is 10.4 Å². The van der Waals surface area contributed by atoms with E-state index >= 15 is 0 Å². The van der Waals surface area contributed by atoms with Crippen molar-refractivity contribution in [1.29, 1.82) is 0 Å². The fourth-order valence-corrected chi connectivity index (χ4v) is 2.15. The molecule has 1 rings (SSSR count). The Bertz CT molecular complexity index is 385. The molecule has 0 aliphatic rings. The monoisotopic (exact) mass is 277 g/mol. The van der Waals surface area contributed by atoms with Gasteiger partial charge in [-0.3, -0.25) is 4.68 Å². The van der Waals surface area contributed by atoms with E-state index in [1.807, 2.05) is 27.0 Å². The number of rotatable bonds is 7. The summed E-state index contributed by atoms with van der Waals surface area (Å²) in [5, 5.41) is 7.58. The van der Waals surface area contributed by atoms with Gasteiger partial charge in [0.2, 0.25) is 0 Å². The summed E-state index contributed by atoms with van der Waals surface area (Å²) in [7, 11) is 1.84. The summed E-state index contributed by atoms with van der Waals surface area (Å²) in [6.07, 6.45) is -3.37. The van der Waals surface area contributed by atoms with Crippen LogP contribution in [-0.2, 0) is 13.5 Å². The van der Waals surface area contributed by atoms with E-state index in [9.17, 15) is 13.2 Å². The lowest BCUT2D eigenvalue weighted by Crippen LogP contribution is -2.23. The van der Waals surface area contributed by atoms with Gasteiger partial charge < -0.3 is 5.32 Å². The predicted octanol–water partition coefficient (Wildman–Crippen LogP) is 3.37. The Morgan fingerprint density at radius 2 is 2.05 bits per heavy atom. The van der Waals surface area contributed by atoms with Crippen LogP contribution in [0.3, 0.4) is 0 Å². The Balaban J connectivity index is 2.68. The van der Waals surface area contributed by atoms with Crippen LogP contribution in [0.25, 0.3) is 0 Å². The second-order valence-corrected chi connectivity index (χ2v) is 4.66. The molecule has 0 aliphatic carbocycles. The molecule has 1 N–H and O–H groups in total. The molecule has 0 aromatic carbocycles. The molecule has 1 heterocycles. The highest BCUT2D eigenvalue weighted by molar-refractivity contribution is 5.14. The first-order valence-electron chi connectivity index (χ1n) is 6.70. The van der Waals surface area contributed by atoms with Crippen molar-refractivity contribution < 1.29 is 13.2 Å². The third-order valence-electron chi connectivity index (χ3n) is 3.09. The minimum atomic E-state index is -4.07. The summed E-state index contributed by atoms with van der Waals surface area (Å²) < 4.78 is 38.3. The lowest BCUT2D eigenvalue weighted by molar-refractivity contribution is -0.135. The van der Waals surface area contributed by atoms with Crippen molar-refractivity contribution >= 4 is 0 Å². The van der Waals surface area contributed by atoms with Crippen LogP contribution in [0, 0.1) is 0 Å². The van der Waals surface area contributed by atoms with Crippen LogP contribution in [-0.4, -0.2) is 22.5 Å². The van der Waals surface area contributed by atoms with E-state index in [4.69, 9.17) is 0 Å². The van der Waals surface area contributed by atoms with Crippen LogP contribution < -0.4 is 5.32 Å². The highest BCUT2D eigenvalue weighted by atomic mass is 19.4. The number of halogens is 3. The Kier molecular flexibility index (Phi) is 5.85. The molecular weight excluding hydrogens is 255 g/mol. The van der Waals surface area contributed by atoms with Gasteiger partial charge in [-0.25, -0.2) is 0 Å². The Morgan fingerprint density at radius 1 is 1.37 bits per heavy atom. The van der Waals surface area contributed by atoms with Crippen molar-refractivity contribution in [2.24, 2.45) is 7.05 Å². The van der Waals surface area contributed by atoms with Crippen LogP contribution >= 0.6 is 0 Å². The number of alkyl halides is 3. The first-order chi connectivity index (χ1) is 8.87. The van der Waals surface area contributed by atoms with Crippen LogP contribution in [0.4, 0.5) is 13.2 Å². The number of aryl methyl sites for hydroxylation is 2. The Morgan fingerprint density at radius 3 is 2.53 bits per heavy atom. The number of nitrogens with one attached hydrogen (secondary N) is 1. The van der Waals surface area contributed by atoms with Gasteiger partial charge in [-0.1, -0.05) is 13.8 Å². The lowest BCUT2D eigenvalue weighted by atomic mass is 10.1. The number of hydrogen-bond acceptors (Lipinski definition) is 2. The van der Waals surface area contributed by atoms with Crippen molar-refractivity contribution in [2.75, 3.05) is 6.54 Å². The van der Waals surface area contributed by atoms with Gasteiger partial charge in [0.15, 0.2) is 0 Å². The molecule has 0 amide bonds. The first-order valence-corrected chi connectivity index (χ1v) is 6.70. The SMILES string of the molecule is CCNC(CCCC(F)(F)F)c1cc(CC)nn1C. The van der Waals surface area contributed by atoms with Gasteiger partial charge in [-0.05, 0) is 31.9 Å². The Hall–Kier alpha value is -1.04. The van der Waals surface area contributed by atoms with Crippen LogP contribution in [0.2, 0.25) is 0 Å². The van der Waals surface area contributed by atoms with Crippen molar-refractivity contribution in [3.63, 3.8) is 0 Å². The van der Waals surface area contributed by atoms with Crippen molar-refractivity contribution in [1.82, 2.24) is 15.1 Å². The molecule has 0 saturated carbocycles. The molecule has 1 aromatic heterocycles. The number of nitrogens with zero attached hydrogens (tertiary/aromatic N) is 2. The average Bonchev–Trinajstić information content (AvgIpc) is 2.68. The molecule has 1 aromatic rings. The second-order valence-electron chi connectivity index (χ2n) is 4.66. The Labute approximate surface area is 112 Å². The van der Waals surface area contributed by atoms with Crippen LogP contribution in [0.1, 0.15) is 50.5 Å². The third-order valence-corrected chi connectivity index (χ3v) is 3.09. The molecule has 6 heteroatoms. The molecule has 19 heavy (non-hydrogen) atoms. The van der Waals surface area contributed by atoms with E-state index in [-0.39, 0.29) is 12.5 Å². The van der Waals surface area contributed by atoms with Gasteiger partial charge in [-0.15, -0.1) is 0 Å². The highest BCUT2D eigenvalue weighted by Crippen LogP contribution is 2.26. The summed E-state index contributed by atoms with van der Waals surface area (Å²) in [6.45, 7) is 4.69. The average molecular weight is 277 g/mol. The molecule has 0 spiro atoms.